The second-order valence-corrected chi connectivity index (χ2v) is 3.09. The van der Waals surface area contributed by atoms with Crippen molar-refractivity contribution in [2.75, 3.05) is 13.7 Å². The lowest BCUT2D eigenvalue weighted by atomic mass is 10.3. The molecule has 0 saturated heterocycles. The molecule has 96 valence electrons. The molecule has 1 rings (SSSR count). The number of hydrogen-bond acceptors (Lipinski definition) is 5. The summed E-state index contributed by atoms with van der Waals surface area (Å²) in [6.45, 7) is 3.23. The molecular formula is C10H17N3O4. The fourth-order valence-electron chi connectivity index (χ4n) is 0.983. The van der Waals surface area contributed by atoms with E-state index in [4.69, 9.17) is 0 Å². The van der Waals surface area contributed by atoms with Gasteiger partial charge in [-0.15, -0.1) is 0 Å². The van der Waals surface area contributed by atoms with E-state index in [2.05, 4.69) is 9.72 Å². The van der Waals surface area contributed by atoms with Crippen molar-refractivity contribution in [3.8, 4) is 0 Å². The topological polar surface area (TPSA) is 87.3 Å². The van der Waals surface area contributed by atoms with E-state index in [0.29, 0.717) is 19.4 Å². The Morgan fingerprint density at radius 2 is 2.29 bits per heavy atom. The molecule has 17 heavy (non-hydrogen) atoms. The molecule has 0 fully saturated rings. The molecule has 0 aromatic carbocycles. The largest absolute Gasteiger partial charge is 0.385 e. The molecule has 0 aliphatic rings. The van der Waals surface area contributed by atoms with Crippen LogP contribution in [0.25, 0.3) is 0 Å². The van der Waals surface area contributed by atoms with Gasteiger partial charge in [-0.1, -0.05) is 0 Å². The van der Waals surface area contributed by atoms with Crippen LogP contribution in [-0.2, 0) is 16.1 Å². The van der Waals surface area contributed by atoms with Crippen molar-refractivity contribution in [2.24, 2.45) is 0 Å². The van der Waals surface area contributed by atoms with Crippen LogP contribution in [0.15, 0.2) is 12.5 Å². The summed E-state index contributed by atoms with van der Waals surface area (Å²) >= 11 is 0. The third-order valence-electron chi connectivity index (χ3n) is 1.89. The van der Waals surface area contributed by atoms with Gasteiger partial charge in [0, 0.05) is 20.1 Å². The maximum Gasteiger partial charge on any atom is 0.342 e. The number of aromatic nitrogens is 2. The Bertz CT molecular complexity index is 336. The predicted octanol–water partition coefficient (Wildman–Crippen LogP) is 1.42. The molecule has 1 heterocycles. The van der Waals surface area contributed by atoms with Crippen molar-refractivity contribution in [2.45, 2.75) is 26.3 Å². The van der Waals surface area contributed by atoms with Crippen molar-refractivity contribution >= 4 is 12.1 Å². The second-order valence-electron chi connectivity index (χ2n) is 3.09. The summed E-state index contributed by atoms with van der Waals surface area (Å²) in [5, 5.41) is 10.4. The molecule has 1 aromatic rings. The lowest BCUT2D eigenvalue weighted by molar-refractivity contribution is -0.392. The van der Waals surface area contributed by atoms with Gasteiger partial charge in [-0.05, 0) is 18.3 Å². The number of nitrogens with zero attached hydrogens (tertiary/aromatic N) is 3. The maximum atomic E-state index is 10.4. The molecule has 0 bridgehead atoms. The Labute approximate surface area is 99.6 Å². The van der Waals surface area contributed by atoms with Crippen LogP contribution in [0.2, 0.25) is 0 Å². The van der Waals surface area contributed by atoms with Crippen molar-refractivity contribution < 1.29 is 14.5 Å². The number of carbonyl (C=O) groups excluding carboxylic acids is 1. The van der Waals surface area contributed by atoms with Crippen molar-refractivity contribution in [3.05, 3.63) is 22.6 Å². The normalized spacial score (nSPS) is 9.29. The summed E-state index contributed by atoms with van der Waals surface area (Å²) in [7, 11) is 1.68. The van der Waals surface area contributed by atoms with Gasteiger partial charge in [-0.3, -0.25) is 0 Å². The van der Waals surface area contributed by atoms with E-state index in [1.54, 1.807) is 7.11 Å². The first-order chi connectivity index (χ1) is 8.17. The van der Waals surface area contributed by atoms with Crippen LogP contribution < -0.4 is 0 Å². The SMILES string of the molecule is CCOC.O=CCCCn1cncc1[N+](=O)[O-]. The molecule has 0 N–H and O–H groups in total. The Balaban J connectivity index is 0.000000557. The summed E-state index contributed by atoms with van der Waals surface area (Å²) < 4.78 is 5.96. The quantitative estimate of drug-likeness (QED) is 0.326. The fourth-order valence-corrected chi connectivity index (χ4v) is 0.983. The van der Waals surface area contributed by atoms with Crippen LogP contribution in [-0.4, -0.2) is 34.5 Å². The molecule has 7 heteroatoms. The minimum Gasteiger partial charge on any atom is -0.385 e. The molecule has 0 aliphatic carbocycles. The predicted molar refractivity (Wildman–Crippen MR) is 61.7 cm³/mol. The average Bonchev–Trinajstić information content (AvgIpc) is 2.78. The van der Waals surface area contributed by atoms with E-state index in [1.807, 2.05) is 6.92 Å². The van der Waals surface area contributed by atoms with Gasteiger partial charge in [0.25, 0.3) is 0 Å². The van der Waals surface area contributed by atoms with Gasteiger partial charge in [-0.25, -0.2) is 9.55 Å². The Morgan fingerprint density at radius 1 is 1.65 bits per heavy atom. The molecule has 0 saturated carbocycles. The second kappa shape index (κ2) is 9.46. The van der Waals surface area contributed by atoms with Gasteiger partial charge < -0.3 is 19.6 Å². The molecule has 0 unspecified atom stereocenters. The average molecular weight is 243 g/mol. The molecular weight excluding hydrogens is 226 g/mol. The van der Waals surface area contributed by atoms with Crippen LogP contribution >= 0.6 is 0 Å². The highest BCUT2D eigenvalue weighted by Crippen LogP contribution is 2.10. The highest BCUT2D eigenvalue weighted by atomic mass is 16.6. The minimum absolute atomic E-state index is 0.0362. The van der Waals surface area contributed by atoms with Gasteiger partial charge in [0.05, 0.1) is 6.54 Å². The monoisotopic (exact) mass is 243 g/mol. The molecule has 0 radical (unpaired) electrons. The number of aldehydes is 1. The summed E-state index contributed by atoms with van der Waals surface area (Å²) in [5.41, 5.74) is 0. The van der Waals surface area contributed by atoms with E-state index < -0.39 is 4.92 Å². The standard InChI is InChI=1S/C7H9N3O3.C3H8O/c11-4-2-1-3-9-6-8-5-7(9)10(12)13;1-3-4-2/h4-6H,1-3H2;3H2,1-2H3. The molecule has 7 nitrogen and oxygen atoms in total. The number of nitro groups is 1. The lowest BCUT2D eigenvalue weighted by Crippen LogP contribution is -2.01. The van der Waals surface area contributed by atoms with Gasteiger partial charge in [0.2, 0.25) is 0 Å². The summed E-state index contributed by atoms with van der Waals surface area (Å²) in [5.74, 6) is -0.0362. The smallest absolute Gasteiger partial charge is 0.342 e. The maximum absolute atomic E-state index is 10.4. The van der Waals surface area contributed by atoms with E-state index in [0.717, 1.165) is 12.9 Å². The van der Waals surface area contributed by atoms with E-state index in [1.165, 1.54) is 17.1 Å². The van der Waals surface area contributed by atoms with Crippen molar-refractivity contribution in [1.82, 2.24) is 9.55 Å². The number of rotatable bonds is 6. The number of hydrogen-bond donors (Lipinski definition) is 0. The highest BCUT2D eigenvalue weighted by molar-refractivity contribution is 5.48. The zero-order valence-corrected chi connectivity index (χ0v) is 10.0. The summed E-state index contributed by atoms with van der Waals surface area (Å²) in [4.78, 5) is 23.5. The number of aryl methyl sites for hydroxylation is 1. The zero-order chi connectivity index (χ0) is 13.1. The van der Waals surface area contributed by atoms with Crippen LogP contribution in [0.3, 0.4) is 0 Å². The van der Waals surface area contributed by atoms with Gasteiger partial charge in [-0.2, -0.15) is 0 Å². The first-order valence-electron chi connectivity index (χ1n) is 5.24. The minimum atomic E-state index is -0.492. The molecule has 0 atom stereocenters. The number of methoxy groups -OCH3 is 1. The molecule has 1 aromatic heterocycles. The molecule has 0 spiro atoms. The lowest BCUT2D eigenvalue weighted by Gasteiger charge is -1.97. The number of carbonyl (C=O) groups is 1. The van der Waals surface area contributed by atoms with Crippen LogP contribution in [0.4, 0.5) is 5.82 Å². The Hall–Kier alpha value is -1.76. The highest BCUT2D eigenvalue weighted by Gasteiger charge is 2.11. The van der Waals surface area contributed by atoms with Crippen LogP contribution in [0.1, 0.15) is 19.8 Å². The Morgan fingerprint density at radius 3 is 2.76 bits per heavy atom. The van der Waals surface area contributed by atoms with Gasteiger partial charge in [0.1, 0.15) is 12.5 Å². The first kappa shape index (κ1) is 15.2. The van der Waals surface area contributed by atoms with E-state index in [-0.39, 0.29) is 5.82 Å². The van der Waals surface area contributed by atoms with Gasteiger partial charge >= 0.3 is 5.82 Å². The summed E-state index contributed by atoms with van der Waals surface area (Å²) in [6, 6.07) is 0. The van der Waals surface area contributed by atoms with Crippen LogP contribution in [0.5, 0.6) is 0 Å². The zero-order valence-electron chi connectivity index (χ0n) is 10.0. The number of imidazole rings is 1. The first-order valence-corrected chi connectivity index (χ1v) is 5.24. The van der Waals surface area contributed by atoms with Gasteiger partial charge in [0.15, 0.2) is 6.33 Å². The number of ether oxygens (including phenoxy) is 1. The molecule has 0 amide bonds. The Kier molecular flexibility index (Phi) is 8.48. The van der Waals surface area contributed by atoms with Crippen molar-refractivity contribution in [3.63, 3.8) is 0 Å². The summed E-state index contributed by atoms with van der Waals surface area (Å²) in [6.07, 6.45) is 4.39. The third-order valence-corrected chi connectivity index (χ3v) is 1.89. The van der Waals surface area contributed by atoms with E-state index in [9.17, 15) is 14.9 Å². The van der Waals surface area contributed by atoms with E-state index >= 15 is 0 Å². The van der Waals surface area contributed by atoms with Crippen LogP contribution in [0, 0.1) is 10.1 Å². The number of unbranched alkanes of at least 4 members (excludes halogenated alkanes) is 1. The molecule has 0 aliphatic heterocycles. The van der Waals surface area contributed by atoms with Crippen molar-refractivity contribution in [1.29, 1.82) is 0 Å². The third kappa shape index (κ3) is 6.41. The fraction of sp³-hybridized carbons (Fsp3) is 0.600.